The number of hydrogen-bond donors (Lipinski definition) is 1. The molecule has 29 heavy (non-hydrogen) atoms. The van der Waals surface area contributed by atoms with Crippen LogP contribution in [0, 0.1) is 6.92 Å². The molecule has 146 valence electrons. The molecule has 0 spiro atoms. The molecule has 6 nitrogen and oxygen atoms in total. The average molecular weight is 406 g/mol. The van der Waals surface area contributed by atoms with Gasteiger partial charge in [-0.3, -0.25) is 9.89 Å². The summed E-state index contributed by atoms with van der Waals surface area (Å²) in [5.41, 5.74) is 6.96. The van der Waals surface area contributed by atoms with Gasteiger partial charge < -0.3 is 4.90 Å². The van der Waals surface area contributed by atoms with Gasteiger partial charge in [0.1, 0.15) is 0 Å². The number of aryl methyl sites for hydroxylation is 1. The first-order valence-electron chi connectivity index (χ1n) is 9.61. The maximum atomic E-state index is 13.3. The molecule has 0 fully saturated rings. The van der Waals surface area contributed by atoms with Crippen LogP contribution in [0.4, 0.5) is 0 Å². The smallest absolute Gasteiger partial charge is 0.274 e. The van der Waals surface area contributed by atoms with E-state index in [2.05, 4.69) is 40.4 Å². The number of aromatic nitrogens is 4. The van der Waals surface area contributed by atoms with Gasteiger partial charge in [0, 0.05) is 24.0 Å². The van der Waals surface area contributed by atoms with Crippen LogP contribution in [-0.2, 0) is 6.42 Å². The topological polar surface area (TPSA) is 66.3 Å². The third-order valence-corrected chi connectivity index (χ3v) is 5.95. The van der Waals surface area contributed by atoms with Crippen LogP contribution in [0.2, 0.25) is 5.02 Å². The van der Waals surface area contributed by atoms with E-state index in [1.807, 2.05) is 30.2 Å². The highest BCUT2D eigenvalue weighted by atomic mass is 35.5. The Bertz CT molecular complexity index is 1240. The van der Waals surface area contributed by atoms with Crippen LogP contribution in [0.1, 0.15) is 40.3 Å². The van der Waals surface area contributed by atoms with E-state index in [1.165, 1.54) is 11.1 Å². The monoisotopic (exact) mass is 405 g/mol. The highest BCUT2D eigenvalue weighted by Crippen LogP contribution is 2.38. The van der Waals surface area contributed by atoms with Crippen molar-refractivity contribution in [2.24, 2.45) is 0 Å². The Kier molecular flexibility index (Phi) is 4.17. The molecule has 1 unspecified atom stereocenters. The van der Waals surface area contributed by atoms with Crippen LogP contribution in [0.15, 0.2) is 48.8 Å². The fraction of sp³-hybridized carbons (Fsp3) is 0.227. The molecule has 1 amide bonds. The lowest BCUT2D eigenvalue weighted by atomic mass is 9.86. The minimum Gasteiger partial charge on any atom is -0.330 e. The van der Waals surface area contributed by atoms with Crippen molar-refractivity contribution >= 4 is 23.0 Å². The van der Waals surface area contributed by atoms with E-state index in [1.54, 1.807) is 16.8 Å². The molecule has 4 heterocycles. The maximum absolute atomic E-state index is 13.3. The second-order valence-corrected chi connectivity index (χ2v) is 7.89. The largest absolute Gasteiger partial charge is 0.330 e. The SMILES string of the molecule is Cc1[nH]ncc1-c1cccc2c1C(C)N(C(=O)c1cc3ccc(Cl)cn3n1)CC2. The minimum atomic E-state index is -0.0679. The fourth-order valence-corrected chi connectivity index (χ4v) is 4.42. The Morgan fingerprint density at radius 3 is 2.90 bits per heavy atom. The summed E-state index contributed by atoms with van der Waals surface area (Å²) in [6.07, 6.45) is 4.38. The number of carbonyl (C=O) groups is 1. The number of H-pyrrole nitrogens is 1. The van der Waals surface area contributed by atoms with Crippen molar-refractivity contribution in [3.63, 3.8) is 0 Å². The lowest BCUT2D eigenvalue weighted by molar-refractivity contribution is 0.0672. The summed E-state index contributed by atoms with van der Waals surface area (Å²) in [5.74, 6) is -0.0679. The summed E-state index contributed by atoms with van der Waals surface area (Å²) in [7, 11) is 0. The number of halogens is 1. The van der Waals surface area contributed by atoms with Crippen molar-refractivity contribution in [3.05, 3.63) is 76.3 Å². The molecule has 4 aromatic rings. The normalized spacial score (nSPS) is 16.2. The van der Waals surface area contributed by atoms with Crippen LogP contribution in [0.5, 0.6) is 0 Å². The molecular weight excluding hydrogens is 386 g/mol. The van der Waals surface area contributed by atoms with Crippen LogP contribution < -0.4 is 0 Å². The first kappa shape index (κ1) is 17.9. The number of aromatic amines is 1. The molecular formula is C22H20ClN5O. The van der Waals surface area contributed by atoms with E-state index in [0.29, 0.717) is 17.3 Å². The molecule has 0 aliphatic carbocycles. The van der Waals surface area contributed by atoms with Gasteiger partial charge in [-0.25, -0.2) is 4.52 Å². The van der Waals surface area contributed by atoms with Crippen molar-refractivity contribution in [2.75, 3.05) is 6.54 Å². The zero-order chi connectivity index (χ0) is 20.1. The number of carbonyl (C=O) groups excluding carboxylic acids is 1. The average Bonchev–Trinajstić information content (AvgIpc) is 3.33. The molecule has 1 atom stereocenters. The van der Waals surface area contributed by atoms with E-state index in [4.69, 9.17) is 11.6 Å². The molecule has 0 bridgehead atoms. The quantitative estimate of drug-likeness (QED) is 0.536. The van der Waals surface area contributed by atoms with Gasteiger partial charge in [-0.15, -0.1) is 0 Å². The summed E-state index contributed by atoms with van der Waals surface area (Å²) in [4.78, 5) is 15.2. The predicted octanol–water partition coefficient (Wildman–Crippen LogP) is 4.45. The molecule has 5 rings (SSSR count). The number of amides is 1. The lowest BCUT2D eigenvalue weighted by Crippen LogP contribution is -2.39. The molecule has 0 radical (unpaired) electrons. The second-order valence-electron chi connectivity index (χ2n) is 7.46. The number of nitrogens with one attached hydrogen (secondary N) is 1. The molecule has 1 N–H and O–H groups in total. The number of fused-ring (bicyclic) bond motifs is 2. The van der Waals surface area contributed by atoms with Crippen molar-refractivity contribution < 1.29 is 4.79 Å². The van der Waals surface area contributed by atoms with Gasteiger partial charge in [-0.05, 0) is 55.2 Å². The Morgan fingerprint density at radius 1 is 1.24 bits per heavy atom. The summed E-state index contributed by atoms with van der Waals surface area (Å²) in [5, 5.41) is 12.2. The van der Waals surface area contributed by atoms with Gasteiger partial charge in [0.05, 0.1) is 22.8 Å². The molecule has 1 aliphatic heterocycles. The van der Waals surface area contributed by atoms with Gasteiger partial charge in [0.15, 0.2) is 5.69 Å². The van der Waals surface area contributed by atoms with Crippen molar-refractivity contribution in [2.45, 2.75) is 26.3 Å². The number of rotatable bonds is 2. The van der Waals surface area contributed by atoms with Crippen LogP contribution in [0.25, 0.3) is 16.6 Å². The zero-order valence-corrected chi connectivity index (χ0v) is 16.9. The Balaban J connectivity index is 1.54. The number of hydrogen-bond acceptors (Lipinski definition) is 3. The predicted molar refractivity (Wildman–Crippen MR) is 112 cm³/mol. The van der Waals surface area contributed by atoms with Gasteiger partial charge in [0.25, 0.3) is 5.91 Å². The van der Waals surface area contributed by atoms with Gasteiger partial charge in [-0.1, -0.05) is 29.8 Å². The zero-order valence-electron chi connectivity index (χ0n) is 16.2. The lowest BCUT2D eigenvalue weighted by Gasteiger charge is -2.36. The number of benzene rings is 1. The summed E-state index contributed by atoms with van der Waals surface area (Å²) in [6, 6.07) is 11.7. The molecule has 1 aromatic carbocycles. The first-order valence-corrected chi connectivity index (χ1v) is 9.99. The van der Waals surface area contributed by atoms with Crippen LogP contribution in [-0.4, -0.2) is 37.2 Å². The van der Waals surface area contributed by atoms with E-state index >= 15 is 0 Å². The fourth-order valence-electron chi connectivity index (χ4n) is 4.26. The van der Waals surface area contributed by atoms with Crippen LogP contribution in [0.3, 0.4) is 0 Å². The number of nitrogens with zero attached hydrogens (tertiary/aromatic N) is 4. The summed E-state index contributed by atoms with van der Waals surface area (Å²) < 4.78 is 1.65. The van der Waals surface area contributed by atoms with Crippen molar-refractivity contribution in [3.8, 4) is 11.1 Å². The van der Waals surface area contributed by atoms with Crippen molar-refractivity contribution in [1.82, 2.24) is 24.7 Å². The minimum absolute atomic E-state index is 0.0647. The van der Waals surface area contributed by atoms with Gasteiger partial charge >= 0.3 is 0 Å². The summed E-state index contributed by atoms with van der Waals surface area (Å²) >= 11 is 6.05. The van der Waals surface area contributed by atoms with E-state index in [-0.39, 0.29) is 11.9 Å². The van der Waals surface area contributed by atoms with Gasteiger partial charge in [-0.2, -0.15) is 10.2 Å². The van der Waals surface area contributed by atoms with E-state index in [0.717, 1.165) is 28.8 Å². The summed E-state index contributed by atoms with van der Waals surface area (Å²) in [6.45, 7) is 4.76. The highest BCUT2D eigenvalue weighted by Gasteiger charge is 2.31. The third kappa shape index (κ3) is 2.91. The first-order chi connectivity index (χ1) is 14.0. The molecule has 1 aliphatic rings. The molecule has 0 saturated heterocycles. The number of pyridine rings is 1. The highest BCUT2D eigenvalue weighted by molar-refractivity contribution is 6.30. The molecule has 7 heteroatoms. The Hall–Kier alpha value is -3.12. The van der Waals surface area contributed by atoms with Crippen molar-refractivity contribution in [1.29, 1.82) is 0 Å². The standard InChI is InChI=1S/C22H20ClN5O/c1-13-19(11-24-25-13)18-5-3-4-15-8-9-27(14(2)21(15)18)22(29)20-10-17-7-6-16(23)12-28(17)26-20/h3-7,10-12,14H,8-9H2,1-2H3,(H,24,25). The second kappa shape index (κ2) is 6.74. The van der Waals surface area contributed by atoms with E-state index in [9.17, 15) is 4.79 Å². The third-order valence-electron chi connectivity index (χ3n) is 5.73. The van der Waals surface area contributed by atoms with E-state index < -0.39 is 0 Å². The van der Waals surface area contributed by atoms with Crippen LogP contribution >= 0.6 is 11.6 Å². The maximum Gasteiger partial charge on any atom is 0.274 e. The Morgan fingerprint density at radius 2 is 2.10 bits per heavy atom. The molecule has 3 aromatic heterocycles. The van der Waals surface area contributed by atoms with Gasteiger partial charge in [0.2, 0.25) is 0 Å². The molecule has 0 saturated carbocycles. The Labute approximate surface area is 173 Å².